The number of carboxylic acid groups (broad SMARTS) is 1. The van der Waals surface area contributed by atoms with Crippen molar-refractivity contribution in [3.05, 3.63) is 81.4 Å². The molecule has 0 saturated heterocycles. The molecule has 0 amide bonds. The van der Waals surface area contributed by atoms with E-state index in [0.717, 1.165) is 71.7 Å². The van der Waals surface area contributed by atoms with Crippen LogP contribution >= 0.6 is 11.8 Å². The highest BCUT2D eigenvalue weighted by molar-refractivity contribution is 7.99. The molecule has 1 N–H and O–H groups in total. The molecule has 0 aliphatic carbocycles. The lowest BCUT2D eigenvalue weighted by atomic mass is 9.69. The van der Waals surface area contributed by atoms with Crippen LogP contribution in [0.15, 0.2) is 47.4 Å². The number of hydrogen-bond donors (Lipinski definition) is 1. The van der Waals surface area contributed by atoms with Gasteiger partial charge in [0.1, 0.15) is 17.4 Å². The summed E-state index contributed by atoms with van der Waals surface area (Å²) in [7, 11) is 1.88. The average molecular weight is 585 g/mol. The second kappa shape index (κ2) is 11.0. The average Bonchev–Trinajstić information content (AvgIpc) is 3.52. The minimum atomic E-state index is -1.05. The van der Waals surface area contributed by atoms with Gasteiger partial charge in [-0.2, -0.15) is 0 Å². The molecule has 1 aromatic heterocycles. The first-order valence-electron chi connectivity index (χ1n) is 14.9. The Morgan fingerprint density at radius 1 is 1.17 bits per heavy atom. The summed E-state index contributed by atoms with van der Waals surface area (Å²) in [4.78, 5) is 16.6. The molecule has 3 aromatic carbocycles. The normalized spacial score (nSPS) is 17.9. The smallest absolute Gasteiger partial charge is 0.310 e. The van der Waals surface area contributed by atoms with Crippen molar-refractivity contribution in [2.75, 3.05) is 12.3 Å². The molecule has 1 unspecified atom stereocenters. The quantitative estimate of drug-likeness (QED) is 0.261. The van der Waals surface area contributed by atoms with Crippen LogP contribution in [0.25, 0.3) is 11.0 Å². The van der Waals surface area contributed by atoms with Crippen LogP contribution in [-0.4, -0.2) is 49.4 Å². The molecule has 8 heteroatoms. The minimum Gasteiger partial charge on any atom is -0.489 e. The Morgan fingerprint density at radius 3 is 2.74 bits per heavy atom. The van der Waals surface area contributed by atoms with E-state index >= 15 is 0 Å². The van der Waals surface area contributed by atoms with Crippen molar-refractivity contribution in [2.45, 2.75) is 77.5 Å². The predicted molar refractivity (Wildman–Crippen MR) is 167 cm³/mol. The summed E-state index contributed by atoms with van der Waals surface area (Å²) in [6, 6.07) is 15.2. The Kier molecular flexibility index (Phi) is 7.56. The summed E-state index contributed by atoms with van der Waals surface area (Å²) in [5.74, 6) is 0.979. The zero-order chi connectivity index (χ0) is 29.8. The lowest BCUT2D eigenvalue weighted by Gasteiger charge is -2.33. The van der Waals surface area contributed by atoms with Crippen LogP contribution < -0.4 is 4.74 Å². The van der Waals surface area contributed by atoms with Crippen molar-refractivity contribution in [3.8, 4) is 5.75 Å². The molecule has 2 atom stereocenters. The third kappa shape index (κ3) is 5.09. The van der Waals surface area contributed by atoms with Gasteiger partial charge in [-0.3, -0.25) is 9.69 Å². The van der Waals surface area contributed by atoms with E-state index in [1.54, 1.807) is 4.68 Å². The zero-order valence-electron chi connectivity index (χ0n) is 25.4. The number of rotatable bonds is 7. The maximum Gasteiger partial charge on any atom is 0.310 e. The van der Waals surface area contributed by atoms with Crippen LogP contribution in [0.5, 0.6) is 5.75 Å². The number of aliphatic carboxylic acids is 1. The number of hydrogen-bond acceptors (Lipinski definition) is 6. The number of thioether (sulfide) groups is 1. The van der Waals surface area contributed by atoms with Crippen LogP contribution in [0, 0.1) is 19.3 Å². The molecule has 0 bridgehead atoms. The summed E-state index contributed by atoms with van der Waals surface area (Å²) < 4.78 is 8.29. The Morgan fingerprint density at radius 2 is 1.98 bits per heavy atom. The molecule has 220 valence electrons. The highest BCUT2D eigenvalue weighted by Gasteiger charge is 2.40. The van der Waals surface area contributed by atoms with Crippen molar-refractivity contribution >= 4 is 28.8 Å². The van der Waals surface area contributed by atoms with Gasteiger partial charge in [-0.25, -0.2) is 4.68 Å². The monoisotopic (exact) mass is 584 g/mol. The van der Waals surface area contributed by atoms with Gasteiger partial charge in [0.05, 0.1) is 10.9 Å². The van der Waals surface area contributed by atoms with Crippen LogP contribution in [0.4, 0.5) is 0 Å². The molecule has 0 fully saturated rings. The Bertz CT molecular complexity index is 1680. The fourth-order valence-electron chi connectivity index (χ4n) is 6.59. The Hall–Kier alpha value is -3.36. The second-order valence-electron chi connectivity index (χ2n) is 12.5. The Labute approximate surface area is 252 Å². The molecule has 0 radical (unpaired) electrons. The highest BCUT2D eigenvalue weighted by Crippen LogP contribution is 2.44. The van der Waals surface area contributed by atoms with Crippen molar-refractivity contribution < 1.29 is 14.6 Å². The van der Waals surface area contributed by atoms with Gasteiger partial charge in [0.25, 0.3) is 0 Å². The molecular formula is C34H40N4O3S. The first-order chi connectivity index (χ1) is 20.1. The number of nitrogens with zero attached hydrogens (tertiary/aromatic N) is 4. The Balaban J connectivity index is 1.38. The first kappa shape index (κ1) is 28.7. The molecule has 2 aliphatic rings. The van der Waals surface area contributed by atoms with E-state index in [9.17, 15) is 9.90 Å². The van der Waals surface area contributed by atoms with Crippen LogP contribution in [0.1, 0.15) is 72.1 Å². The van der Waals surface area contributed by atoms with Crippen molar-refractivity contribution in [1.29, 1.82) is 0 Å². The van der Waals surface area contributed by atoms with Crippen molar-refractivity contribution in [3.63, 3.8) is 0 Å². The van der Waals surface area contributed by atoms with Crippen LogP contribution in [-0.2, 0) is 31.4 Å². The summed E-state index contributed by atoms with van der Waals surface area (Å²) in [5.41, 5.74) is 8.76. The molecular weight excluding hydrogens is 544 g/mol. The molecule has 2 aliphatic heterocycles. The van der Waals surface area contributed by atoms with Gasteiger partial charge in [-0.05, 0) is 92.1 Å². The summed E-state index contributed by atoms with van der Waals surface area (Å²) in [5, 5.41) is 19.0. The van der Waals surface area contributed by atoms with Crippen LogP contribution in [0.2, 0.25) is 0 Å². The van der Waals surface area contributed by atoms with E-state index in [1.807, 2.05) is 45.6 Å². The third-order valence-electron chi connectivity index (χ3n) is 9.24. The molecule has 3 heterocycles. The number of benzene rings is 3. The largest absolute Gasteiger partial charge is 0.489 e. The summed E-state index contributed by atoms with van der Waals surface area (Å²) >= 11 is 1.93. The number of fused-ring (bicyclic) bond motifs is 3. The lowest BCUT2D eigenvalue weighted by molar-refractivity contribution is -0.147. The maximum atomic E-state index is 12.7. The zero-order valence-corrected chi connectivity index (χ0v) is 26.2. The van der Waals surface area contributed by atoms with Gasteiger partial charge < -0.3 is 9.84 Å². The SMILES string of the molecule is CC[C@@H]1CN(Cc2cc(C(c3ccc4c(nnn4C)c3C)C(C)(C)C(=O)O)ccc2C)Cc2cc3c(cc2O1)SCC3. The topological polar surface area (TPSA) is 80.5 Å². The maximum absolute atomic E-state index is 12.7. The van der Waals surface area contributed by atoms with Gasteiger partial charge in [-0.1, -0.05) is 36.4 Å². The molecule has 0 spiro atoms. The van der Waals surface area contributed by atoms with Gasteiger partial charge in [-0.15, -0.1) is 16.9 Å². The highest BCUT2D eigenvalue weighted by atomic mass is 32.2. The first-order valence-corrected chi connectivity index (χ1v) is 15.8. The fraction of sp³-hybridized carbons (Fsp3) is 0.441. The number of aryl methyl sites for hydroxylation is 4. The van der Waals surface area contributed by atoms with Gasteiger partial charge in [0, 0.05) is 48.8 Å². The molecule has 42 heavy (non-hydrogen) atoms. The van der Waals surface area contributed by atoms with Crippen LogP contribution in [0.3, 0.4) is 0 Å². The van der Waals surface area contributed by atoms with E-state index in [1.165, 1.54) is 27.1 Å². The van der Waals surface area contributed by atoms with Gasteiger partial charge in [0.15, 0.2) is 0 Å². The third-order valence-corrected chi connectivity index (χ3v) is 10.3. The van der Waals surface area contributed by atoms with E-state index < -0.39 is 11.4 Å². The molecule has 7 nitrogen and oxygen atoms in total. The van der Waals surface area contributed by atoms with Gasteiger partial charge in [0.2, 0.25) is 0 Å². The number of carbonyl (C=O) groups is 1. The predicted octanol–water partition coefficient (Wildman–Crippen LogP) is 6.65. The van der Waals surface area contributed by atoms with E-state index in [-0.39, 0.29) is 12.0 Å². The molecule has 4 aromatic rings. The molecule has 6 rings (SSSR count). The minimum absolute atomic E-state index is 0.124. The van der Waals surface area contributed by atoms with Crippen molar-refractivity contribution in [2.24, 2.45) is 12.5 Å². The summed E-state index contributed by atoms with van der Waals surface area (Å²) in [6.07, 6.45) is 2.18. The number of carboxylic acids is 1. The standard InChI is InChI=1S/C34H40N4O3S/c1-7-26-19-38(18-25-14-22-12-13-42-30(22)16-29(25)41-26)17-24-15-23(9-8-20(24)2)31(34(4,5)33(39)40)27-10-11-28-32(21(27)3)35-36-37(28)6/h8-11,14-16,26,31H,7,12-13,17-19H2,1-6H3,(H,39,40)/t26-,31?/m1/s1. The van der Waals surface area contributed by atoms with Crippen molar-refractivity contribution in [1.82, 2.24) is 19.9 Å². The summed E-state index contributed by atoms with van der Waals surface area (Å²) in [6.45, 7) is 12.5. The van der Waals surface area contributed by atoms with E-state index in [4.69, 9.17) is 4.74 Å². The number of ether oxygens (including phenoxy) is 1. The number of aromatic nitrogens is 3. The lowest BCUT2D eigenvalue weighted by Crippen LogP contribution is -2.33. The van der Waals surface area contributed by atoms with E-state index in [0.29, 0.717) is 0 Å². The second-order valence-corrected chi connectivity index (χ2v) is 13.6. The van der Waals surface area contributed by atoms with E-state index in [2.05, 4.69) is 65.5 Å². The molecule has 0 saturated carbocycles. The van der Waals surface area contributed by atoms with Gasteiger partial charge >= 0.3 is 5.97 Å². The fourth-order valence-corrected chi connectivity index (χ4v) is 7.66.